The van der Waals surface area contributed by atoms with Gasteiger partial charge in [-0.2, -0.15) is 17.0 Å². The molecular formula is C12H23ClN2O3S. The number of halogens is 1. The fourth-order valence-corrected chi connectivity index (χ4v) is 4.65. The standard InChI is InChI=1S/C12H23ClN2O3S/c1-14(8-4-7-13)19(16,17)15-9-10-18-12-6-3-2-5-11(12)15/h11-12H,2-10H2,1H3. The topological polar surface area (TPSA) is 49.9 Å². The first-order valence-corrected chi connectivity index (χ1v) is 8.91. The van der Waals surface area contributed by atoms with Gasteiger partial charge in [-0.3, -0.25) is 0 Å². The number of alkyl halides is 1. The van der Waals surface area contributed by atoms with E-state index in [1.807, 2.05) is 0 Å². The molecule has 0 bridgehead atoms. The summed E-state index contributed by atoms with van der Waals surface area (Å²) in [6.45, 7) is 1.44. The molecular weight excluding hydrogens is 288 g/mol. The molecule has 5 nitrogen and oxygen atoms in total. The normalized spacial score (nSPS) is 29.4. The third-order valence-corrected chi connectivity index (χ3v) is 6.26. The first-order valence-electron chi connectivity index (χ1n) is 6.98. The van der Waals surface area contributed by atoms with Crippen LogP contribution in [0.2, 0.25) is 0 Å². The zero-order valence-corrected chi connectivity index (χ0v) is 13.0. The Bertz CT molecular complexity index is 388. The van der Waals surface area contributed by atoms with E-state index in [2.05, 4.69) is 0 Å². The summed E-state index contributed by atoms with van der Waals surface area (Å²) in [5.41, 5.74) is 0. The Morgan fingerprint density at radius 1 is 1.37 bits per heavy atom. The summed E-state index contributed by atoms with van der Waals surface area (Å²) in [6.07, 6.45) is 4.86. The van der Waals surface area contributed by atoms with Crippen LogP contribution in [0.4, 0.5) is 0 Å². The second-order valence-electron chi connectivity index (χ2n) is 5.24. The molecule has 1 saturated carbocycles. The minimum atomic E-state index is -3.38. The lowest BCUT2D eigenvalue weighted by atomic mass is 9.91. The zero-order chi connectivity index (χ0) is 13.9. The molecule has 0 aromatic rings. The Kier molecular flexibility index (Phi) is 5.48. The predicted molar refractivity (Wildman–Crippen MR) is 75.6 cm³/mol. The molecule has 1 aliphatic heterocycles. The van der Waals surface area contributed by atoms with Crippen molar-refractivity contribution in [3.63, 3.8) is 0 Å². The highest BCUT2D eigenvalue weighted by molar-refractivity contribution is 7.86. The molecule has 112 valence electrons. The van der Waals surface area contributed by atoms with Gasteiger partial charge in [0.1, 0.15) is 0 Å². The summed E-state index contributed by atoms with van der Waals surface area (Å²) in [4.78, 5) is 0. The van der Waals surface area contributed by atoms with Gasteiger partial charge < -0.3 is 4.74 Å². The predicted octanol–water partition coefficient (Wildman–Crippen LogP) is 1.44. The average Bonchev–Trinajstić information content (AvgIpc) is 2.43. The number of rotatable bonds is 5. The van der Waals surface area contributed by atoms with Crippen LogP contribution in [0.5, 0.6) is 0 Å². The van der Waals surface area contributed by atoms with Gasteiger partial charge in [-0.25, -0.2) is 0 Å². The highest BCUT2D eigenvalue weighted by atomic mass is 35.5. The first kappa shape index (κ1) is 15.5. The van der Waals surface area contributed by atoms with Crippen molar-refractivity contribution in [3.05, 3.63) is 0 Å². The molecule has 1 heterocycles. The second kappa shape index (κ2) is 6.72. The highest BCUT2D eigenvalue weighted by Gasteiger charge is 2.41. The fourth-order valence-electron chi connectivity index (χ4n) is 2.92. The van der Waals surface area contributed by atoms with Crippen LogP contribution >= 0.6 is 11.6 Å². The van der Waals surface area contributed by atoms with Crippen LogP contribution in [0.3, 0.4) is 0 Å². The van der Waals surface area contributed by atoms with Crippen LogP contribution in [0.1, 0.15) is 32.1 Å². The fraction of sp³-hybridized carbons (Fsp3) is 1.00. The number of ether oxygens (including phenoxy) is 1. The summed E-state index contributed by atoms with van der Waals surface area (Å²) >= 11 is 5.64. The van der Waals surface area contributed by atoms with Crippen molar-refractivity contribution in [3.8, 4) is 0 Å². The van der Waals surface area contributed by atoms with Crippen molar-refractivity contribution < 1.29 is 13.2 Å². The average molecular weight is 311 g/mol. The Balaban J connectivity index is 2.09. The van der Waals surface area contributed by atoms with E-state index in [0.29, 0.717) is 32.0 Å². The summed E-state index contributed by atoms with van der Waals surface area (Å²) in [6, 6.07) is 0.0194. The Hall–Kier alpha value is 0.120. The van der Waals surface area contributed by atoms with E-state index in [1.165, 1.54) is 4.31 Å². The van der Waals surface area contributed by atoms with Crippen molar-refractivity contribution in [1.82, 2.24) is 8.61 Å². The van der Waals surface area contributed by atoms with E-state index in [9.17, 15) is 8.42 Å². The van der Waals surface area contributed by atoms with Gasteiger partial charge >= 0.3 is 0 Å². The summed E-state index contributed by atoms with van der Waals surface area (Å²) in [7, 11) is -1.74. The van der Waals surface area contributed by atoms with E-state index in [4.69, 9.17) is 16.3 Å². The molecule has 19 heavy (non-hydrogen) atoms. The maximum atomic E-state index is 12.6. The summed E-state index contributed by atoms with van der Waals surface area (Å²) in [5.74, 6) is 0.481. The van der Waals surface area contributed by atoms with Crippen LogP contribution in [0, 0.1) is 0 Å². The maximum absolute atomic E-state index is 12.6. The van der Waals surface area contributed by atoms with Gasteiger partial charge in [0.25, 0.3) is 10.2 Å². The summed E-state index contributed by atoms with van der Waals surface area (Å²) in [5, 5.41) is 0. The van der Waals surface area contributed by atoms with Crippen molar-refractivity contribution in [2.75, 3.05) is 32.6 Å². The zero-order valence-electron chi connectivity index (χ0n) is 11.4. The quantitative estimate of drug-likeness (QED) is 0.722. The van der Waals surface area contributed by atoms with Crippen LogP contribution in [-0.2, 0) is 14.9 Å². The number of morpholine rings is 1. The molecule has 1 saturated heterocycles. The van der Waals surface area contributed by atoms with Gasteiger partial charge in [-0.1, -0.05) is 12.8 Å². The van der Waals surface area contributed by atoms with E-state index in [-0.39, 0.29) is 12.1 Å². The molecule has 0 N–H and O–H groups in total. The van der Waals surface area contributed by atoms with Crippen LogP contribution < -0.4 is 0 Å². The SMILES string of the molecule is CN(CCCCl)S(=O)(=O)N1CCOC2CCCCC21. The number of hydrogen-bond acceptors (Lipinski definition) is 3. The second-order valence-corrected chi connectivity index (χ2v) is 7.61. The van der Waals surface area contributed by atoms with E-state index < -0.39 is 10.2 Å². The molecule has 0 spiro atoms. The number of hydrogen-bond donors (Lipinski definition) is 0. The van der Waals surface area contributed by atoms with Crippen molar-refractivity contribution in [2.24, 2.45) is 0 Å². The number of fused-ring (bicyclic) bond motifs is 1. The smallest absolute Gasteiger partial charge is 0.282 e. The molecule has 2 aliphatic rings. The van der Waals surface area contributed by atoms with E-state index in [1.54, 1.807) is 11.4 Å². The van der Waals surface area contributed by atoms with Crippen molar-refractivity contribution in [2.45, 2.75) is 44.2 Å². The minimum absolute atomic E-state index is 0.0194. The van der Waals surface area contributed by atoms with Gasteiger partial charge in [0.2, 0.25) is 0 Å². The van der Waals surface area contributed by atoms with Crippen molar-refractivity contribution in [1.29, 1.82) is 0 Å². The third-order valence-electron chi connectivity index (χ3n) is 3.98. The molecule has 0 radical (unpaired) electrons. The molecule has 0 amide bonds. The first-order chi connectivity index (χ1) is 9.07. The third kappa shape index (κ3) is 3.42. The van der Waals surface area contributed by atoms with Gasteiger partial charge in [0, 0.05) is 26.0 Å². The number of nitrogens with zero attached hydrogens (tertiary/aromatic N) is 2. The van der Waals surface area contributed by atoms with Crippen LogP contribution in [0.15, 0.2) is 0 Å². The molecule has 2 unspecified atom stereocenters. The molecule has 2 rings (SSSR count). The van der Waals surface area contributed by atoms with Gasteiger partial charge in [0.15, 0.2) is 0 Å². The highest BCUT2D eigenvalue weighted by Crippen LogP contribution is 2.30. The molecule has 0 aromatic heterocycles. The lowest BCUT2D eigenvalue weighted by Gasteiger charge is -2.43. The molecule has 2 atom stereocenters. The van der Waals surface area contributed by atoms with Gasteiger partial charge in [-0.05, 0) is 19.3 Å². The molecule has 2 fully saturated rings. The summed E-state index contributed by atoms with van der Waals surface area (Å²) < 4.78 is 34.0. The van der Waals surface area contributed by atoms with Gasteiger partial charge in [-0.15, -0.1) is 11.6 Å². The molecule has 0 aromatic carbocycles. The lowest BCUT2D eigenvalue weighted by Crippen LogP contribution is -2.57. The minimum Gasteiger partial charge on any atom is -0.375 e. The van der Waals surface area contributed by atoms with Crippen molar-refractivity contribution >= 4 is 21.8 Å². The Morgan fingerprint density at radius 3 is 2.84 bits per heavy atom. The van der Waals surface area contributed by atoms with Crippen LogP contribution in [-0.4, -0.2) is 61.8 Å². The van der Waals surface area contributed by atoms with E-state index >= 15 is 0 Å². The lowest BCUT2D eigenvalue weighted by molar-refractivity contribution is -0.0600. The van der Waals surface area contributed by atoms with Crippen LogP contribution in [0.25, 0.3) is 0 Å². The largest absolute Gasteiger partial charge is 0.375 e. The monoisotopic (exact) mass is 310 g/mol. The Labute approximate surface area is 121 Å². The van der Waals surface area contributed by atoms with Gasteiger partial charge in [0.05, 0.1) is 18.8 Å². The Morgan fingerprint density at radius 2 is 2.11 bits per heavy atom. The molecule has 1 aliphatic carbocycles. The molecule has 7 heteroatoms. The maximum Gasteiger partial charge on any atom is 0.282 e. The van der Waals surface area contributed by atoms with E-state index in [0.717, 1.165) is 25.7 Å².